The maximum Gasteiger partial charge on any atom is 0.194 e. The predicted molar refractivity (Wildman–Crippen MR) is 91.3 cm³/mol. The van der Waals surface area contributed by atoms with Crippen LogP contribution < -0.4 is 0 Å². The van der Waals surface area contributed by atoms with E-state index in [1.165, 1.54) is 0 Å². The summed E-state index contributed by atoms with van der Waals surface area (Å²) in [6.07, 6.45) is 3.92. The number of aromatic nitrogens is 1. The summed E-state index contributed by atoms with van der Waals surface area (Å²) in [4.78, 5) is 16.8. The highest BCUT2D eigenvalue weighted by Crippen LogP contribution is 2.40. The van der Waals surface area contributed by atoms with Crippen LogP contribution in [0.4, 0.5) is 0 Å². The normalized spacial score (nSPS) is 29.3. The second-order valence-electron chi connectivity index (χ2n) is 7.15. The number of hydrogen-bond acceptors (Lipinski definition) is 5. The van der Waals surface area contributed by atoms with Crippen molar-refractivity contribution in [2.24, 2.45) is 0 Å². The fourth-order valence-corrected chi connectivity index (χ4v) is 3.66. The smallest absolute Gasteiger partial charge is 0.194 e. The number of hydroxylamine groups is 3. The van der Waals surface area contributed by atoms with Gasteiger partial charge in [-0.3, -0.25) is 9.78 Å². The van der Waals surface area contributed by atoms with Gasteiger partial charge in [0.15, 0.2) is 17.1 Å². The van der Waals surface area contributed by atoms with Crippen LogP contribution in [0.3, 0.4) is 0 Å². The number of carbonyl (C=O) groups is 1. The van der Waals surface area contributed by atoms with Crippen LogP contribution in [0.2, 0.25) is 0 Å². The number of ether oxygens (including phenoxy) is 1. The molecule has 6 heteroatoms. The molecule has 0 saturated carbocycles. The number of carbonyl (C=O) groups excluding carboxylic acids is 1. The summed E-state index contributed by atoms with van der Waals surface area (Å²) in [5.41, 5.74) is 2.67. The number of nitrogens with zero attached hydrogens (tertiary/aromatic N) is 3. The Morgan fingerprint density at radius 1 is 1.44 bits per heavy atom. The lowest BCUT2D eigenvalue weighted by molar-refractivity contribution is -1.05. The van der Waals surface area contributed by atoms with Crippen molar-refractivity contribution in [1.82, 2.24) is 4.98 Å². The van der Waals surface area contributed by atoms with E-state index in [1.54, 1.807) is 13.3 Å². The third-order valence-corrected chi connectivity index (χ3v) is 5.57. The average Bonchev–Trinajstić information content (AvgIpc) is 2.63. The molecule has 0 amide bonds. The number of nitriles is 1. The fraction of sp³-hybridized carbons (Fsp3) is 0.526. The van der Waals surface area contributed by atoms with E-state index in [9.17, 15) is 15.3 Å². The molecule has 0 unspecified atom stereocenters. The average molecular weight is 342 g/mol. The number of ketones is 1. The van der Waals surface area contributed by atoms with Crippen LogP contribution in [0.1, 0.15) is 43.5 Å². The summed E-state index contributed by atoms with van der Waals surface area (Å²) in [5, 5.41) is 20.9. The Kier molecular flexibility index (Phi) is 4.50. The van der Waals surface area contributed by atoms with E-state index in [4.69, 9.17) is 4.74 Å². The summed E-state index contributed by atoms with van der Waals surface area (Å²) >= 11 is 0. The molecule has 0 aromatic carbocycles. The Hall–Kier alpha value is -2.07. The molecule has 3 rings (SSSR count). The van der Waals surface area contributed by atoms with Crippen LogP contribution in [0.25, 0.3) is 5.70 Å². The Bertz CT molecular complexity index is 784. The number of aryl methyl sites for hydroxylation is 1. The van der Waals surface area contributed by atoms with Crippen molar-refractivity contribution >= 4 is 11.5 Å². The highest BCUT2D eigenvalue weighted by Gasteiger charge is 2.47. The van der Waals surface area contributed by atoms with Gasteiger partial charge in [-0.2, -0.15) is 5.26 Å². The quantitative estimate of drug-likeness (QED) is 0.853. The molecule has 0 spiro atoms. The van der Waals surface area contributed by atoms with Gasteiger partial charge in [-0.1, -0.05) is 6.92 Å². The minimum absolute atomic E-state index is 0.0734. The topological polar surface area (TPSA) is 83.2 Å². The first-order valence-corrected chi connectivity index (χ1v) is 8.67. The van der Waals surface area contributed by atoms with Crippen molar-refractivity contribution in [2.45, 2.75) is 45.1 Å². The van der Waals surface area contributed by atoms with Crippen molar-refractivity contribution in [1.29, 1.82) is 5.26 Å². The van der Waals surface area contributed by atoms with Crippen LogP contribution >= 0.6 is 0 Å². The molecule has 1 N–H and O–H groups in total. The van der Waals surface area contributed by atoms with Gasteiger partial charge < -0.3 is 4.74 Å². The molecular formula is C19H24N3O3+. The van der Waals surface area contributed by atoms with Crippen LogP contribution in [0.15, 0.2) is 17.8 Å². The van der Waals surface area contributed by atoms with Gasteiger partial charge in [0.05, 0.1) is 5.60 Å². The van der Waals surface area contributed by atoms with Crippen molar-refractivity contribution in [3.8, 4) is 6.07 Å². The molecular weight excluding hydrogens is 318 g/mol. The van der Waals surface area contributed by atoms with Crippen LogP contribution in [-0.2, 0) is 22.4 Å². The number of quaternary nitrogens is 1. The number of pyridine rings is 1. The summed E-state index contributed by atoms with van der Waals surface area (Å²) in [6, 6.07) is 3.95. The third-order valence-electron chi connectivity index (χ3n) is 5.57. The minimum atomic E-state index is -0.395. The summed E-state index contributed by atoms with van der Waals surface area (Å²) in [7, 11) is 1.68. The highest BCUT2D eigenvalue weighted by atomic mass is 16.5. The van der Waals surface area contributed by atoms with Crippen LogP contribution in [-0.4, -0.2) is 46.4 Å². The predicted octanol–water partition coefficient (Wildman–Crippen LogP) is 2.41. The van der Waals surface area contributed by atoms with E-state index in [-0.39, 0.29) is 23.4 Å². The van der Waals surface area contributed by atoms with Crippen molar-refractivity contribution in [3.63, 3.8) is 0 Å². The SMILES string of the molecule is CCc1cc2c(cn1)CC(=O)C(C#N)=C2[N+]1(O)CCC(C)(OC)CC1. The molecule has 6 nitrogen and oxygen atoms in total. The third kappa shape index (κ3) is 2.99. The molecule has 1 aliphatic heterocycles. The summed E-state index contributed by atoms with van der Waals surface area (Å²) < 4.78 is 5.17. The molecule has 1 aromatic heterocycles. The van der Waals surface area contributed by atoms with Crippen molar-refractivity contribution < 1.29 is 19.4 Å². The summed E-state index contributed by atoms with van der Waals surface area (Å²) in [5.74, 6) is -0.248. The zero-order valence-electron chi connectivity index (χ0n) is 15.0. The molecule has 0 atom stereocenters. The van der Waals surface area contributed by atoms with E-state index in [0.29, 0.717) is 31.6 Å². The first-order valence-electron chi connectivity index (χ1n) is 8.67. The van der Waals surface area contributed by atoms with Gasteiger partial charge in [0.2, 0.25) is 0 Å². The zero-order valence-corrected chi connectivity index (χ0v) is 15.0. The van der Waals surface area contributed by atoms with Crippen molar-refractivity contribution in [3.05, 3.63) is 34.7 Å². The second-order valence-corrected chi connectivity index (χ2v) is 7.15. The molecule has 132 valence electrons. The second kappa shape index (κ2) is 6.34. The van der Waals surface area contributed by atoms with Crippen LogP contribution in [0, 0.1) is 11.3 Å². The molecule has 25 heavy (non-hydrogen) atoms. The number of Topliss-reactive ketones (excluding diaryl/α,β-unsaturated/α-hetero) is 1. The zero-order chi connectivity index (χ0) is 18.2. The van der Waals surface area contributed by atoms with Crippen molar-refractivity contribution in [2.75, 3.05) is 20.2 Å². The lowest BCUT2D eigenvalue weighted by Gasteiger charge is -2.42. The van der Waals surface area contributed by atoms with Gasteiger partial charge in [0.25, 0.3) is 0 Å². The molecule has 1 aromatic rings. The first-order chi connectivity index (χ1) is 11.9. The molecule has 0 radical (unpaired) electrons. The largest absolute Gasteiger partial charge is 0.378 e. The Morgan fingerprint density at radius 2 is 2.12 bits per heavy atom. The number of hydrogen-bond donors (Lipinski definition) is 1. The van der Waals surface area contributed by atoms with E-state index >= 15 is 0 Å². The number of methoxy groups -OCH3 is 1. The number of fused-ring (bicyclic) bond motifs is 1. The van der Waals surface area contributed by atoms with E-state index in [0.717, 1.165) is 23.2 Å². The highest BCUT2D eigenvalue weighted by molar-refractivity contribution is 6.08. The maximum absolute atomic E-state index is 12.5. The lowest BCUT2D eigenvalue weighted by atomic mass is 9.86. The minimum Gasteiger partial charge on any atom is -0.378 e. The molecule has 2 heterocycles. The number of allylic oxidation sites excluding steroid dienone is 1. The van der Waals surface area contributed by atoms with E-state index < -0.39 is 4.65 Å². The molecule has 1 fully saturated rings. The fourth-order valence-electron chi connectivity index (χ4n) is 3.66. The first kappa shape index (κ1) is 17.7. The van der Waals surface area contributed by atoms with Crippen LogP contribution in [0.5, 0.6) is 0 Å². The van der Waals surface area contributed by atoms with Gasteiger partial charge >= 0.3 is 0 Å². The monoisotopic (exact) mass is 342 g/mol. The molecule has 2 aliphatic rings. The standard InChI is InChI=1S/C19H24N3O3/c1-4-14-10-15-13(12-21-14)9-17(23)16(11-20)18(15)22(24)7-5-19(2,25-3)6-8-22/h10,12,24H,4-9H2,1-3H3/q+1. The number of likely N-dealkylation sites (tertiary alicyclic amines) is 1. The summed E-state index contributed by atoms with van der Waals surface area (Å²) in [6.45, 7) is 4.84. The van der Waals surface area contributed by atoms with Gasteiger partial charge in [-0.15, -0.1) is 4.65 Å². The van der Waals surface area contributed by atoms with Gasteiger partial charge in [-0.05, 0) is 25.0 Å². The Labute approximate surface area is 147 Å². The van der Waals surface area contributed by atoms with E-state index in [1.807, 2.05) is 26.0 Å². The number of piperidine rings is 1. The van der Waals surface area contributed by atoms with E-state index in [2.05, 4.69) is 4.98 Å². The van der Waals surface area contributed by atoms with Gasteiger partial charge in [0.1, 0.15) is 19.2 Å². The van der Waals surface area contributed by atoms with Gasteiger partial charge in [0, 0.05) is 43.8 Å². The molecule has 1 saturated heterocycles. The number of rotatable bonds is 3. The molecule has 1 aliphatic carbocycles. The van der Waals surface area contributed by atoms with Gasteiger partial charge in [-0.25, -0.2) is 5.21 Å². The molecule has 0 bridgehead atoms. The Morgan fingerprint density at radius 3 is 2.68 bits per heavy atom. The lowest BCUT2D eigenvalue weighted by Crippen LogP contribution is -2.54. The maximum atomic E-state index is 12.5. The Balaban J connectivity index is 2.12.